The lowest BCUT2D eigenvalue weighted by Gasteiger charge is -2.34. The molecule has 0 radical (unpaired) electrons. The first-order valence-electron chi connectivity index (χ1n) is 9.98. The molecule has 1 aliphatic heterocycles. The Morgan fingerprint density at radius 3 is 2.40 bits per heavy atom. The minimum Gasteiger partial charge on any atom is -0.345 e. The zero-order valence-corrected chi connectivity index (χ0v) is 19.0. The van der Waals surface area contributed by atoms with E-state index in [4.69, 9.17) is 4.98 Å². The highest BCUT2D eigenvalue weighted by atomic mass is 32.2. The van der Waals surface area contributed by atoms with Gasteiger partial charge in [-0.15, -0.1) is 0 Å². The molecule has 0 bridgehead atoms. The molecule has 8 heteroatoms. The Balaban J connectivity index is 1.52. The predicted molar refractivity (Wildman–Crippen MR) is 121 cm³/mol. The number of nitrogens with zero attached hydrogens (tertiary/aromatic N) is 3. The lowest BCUT2D eigenvalue weighted by Crippen LogP contribution is -2.49. The molecule has 1 fully saturated rings. The van der Waals surface area contributed by atoms with Crippen molar-refractivity contribution in [3.63, 3.8) is 0 Å². The molecule has 4 rings (SSSR count). The molecule has 0 saturated carbocycles. The molecule has 1 saturated heterocycles. The van der Waals surface area contributed by atoms with Gasteiger partial charge in [-0.3, -0.25) is 4.79 Å². The normalized spacial score (nSPS) is 15.2. The van der Waals surface area contributed by atoms with Crippen LogP contribution in [0.25, 0.3) is 10.2 Å². The number of piperazine rings is 1. The number of carbonyl (C=O) groups is 1. The summed E-state index contributed by atoms with van der Waals surface area (Å²) in [5.41, 5.74) is 2.56. The fraction of sp³-hybridized carbons (Fsp3) is 0.364. The average Bonchev–Trinajstić information content (AvgIpc) is 3.17. The molecule has 3 aromatic rings. The maximum absolute atomic E-state index is 13.0. The summed E-state index contributed by atoms with van der Waals surface area (Å²) in [7, 11) is -3.46. The van der Waals surface area contributed by atoms with Gasteiger partial charge in [0.1, 0.15) is 0 Å². The van der Waals surface area contributed by atoms with Crippen molar-refractivity contribution in [1.29, 1.82) is 0 Å². The Hall–Kier alpha value is -2.45. The number of anilines is 1. The SMILES string of the molecule is CC(C)c1cccc2sc(N3CCN(C(=O)c4ccccc4S(C)(=O)=O)CC3)nc12. The quantitative estimate of drug-likeness (QED) is 0.614. The number of thiazole rings is 1. The van der Waals surface area contributed by atoms with Crippen LogP contribution in [0.3, 0.4) is 0 Å². The number of para-hydroxylation sites is 1. The van der Waals surface area contributed by atoms with E-state index in [2.05, 4.69) is 36.9 Å². The van der Waals surface area contributed by atoms with Gasteiger partial charge >= 0.3 is 0 Å². The van der Waals surface area contributed by atoms with Crippen LogP contribution in [0.15, 0.2) is 47.4 Å². The van der Waals surface area contributed by atoms with Crippen LogP contribution >= 0.6 is 11.3 Å². The standard InChI is InChI=1S/C22H25N3O3S2/c1-15(2)16-8-6-9-18-20(16)23-22(29-18)25-13-11-24(12-14-25)21(26)17-7-4-5-10-19(17)30(3,27)28/h4-10,15H,11-14H2,1-3H3. The zero-order chi connectivity index (χ0) is 21.5. The molecule has 1 aromatic heterocycles. The van der Waals surface area contributed by atoms with Gasteiger partial charge in [0.2, 0.25) is 0 Å². The van der Waals surface area contributed by atoms with Gasteiger partial charge in [0, 0.05) is 32.4 Å². The van der Waals surface area contributed by atoms with E-state index in [-0.39, 0.29) is 16.4 Å². The van der Waals surface area contributed by atoms with E-state index in [9.17, 15) is 13.2 Å². The number of aromatic nitrogens is 1. The van der Waals surface area contributed by atoms with E-state index in [0.717, 1.165) is 16.9 Å². The van der Waals surface area contributed by atoms with Crippen molar-refractivity contribution >= 4 is 42.4 Å². The van der Waals surface area contributed by atoms with E-state index in [0.29, 0.717) is 32.1 Å². The molecule has 158 valence electrons. The Bertz CT molecular complexity index is 1190. The van der Waals surface area contributed by atoms with E-state index in [1.807, 2.05) is 0 Å². The van der Waals surface area contributed by atoms with Crippen LogP contribution in [0, 0.1) is 0 Å². The van der Waals surface area contributed by atoms with E-state index in [1.165, 1.54) is 16.3 Å². The number of hydrogen-bond donors (Lipinski definition) is 0. The second-order valence-electron chi connectivity index (χ2n) is 7.89. The molecular formula is C22H25N3O3S2. The Morgan fingerprint density at radius 1 is 1.03 bits per heavy atom. The van der Waals surface area contributed by atoms with Gasteiger partial charge in [0.25, 0.3) is 5.91 Å². The van der Waals surface area contributed by atoms with Crippen LogP contribution in [0.1, 0.15) is 35.7 Å². The monoisotopic (exact) mass is 443 g/mol. The van der Waals surface area contributed by atoms with Gasteiger partial charge < -0.3 is 9.80 Å². The summed E-state index contributed by atoms with van der Waals surface area (Å²) < 4.78 is 25.3. The van der Waals surface area contributed by atoms with Crippen LogP contribution < -0.4 is 4.90 Å². The molecular weight excluding hydrogens is 418 g/mol. The third-order valence-corrected chi connectivity index (χ3v) is 7.65. The molecule has 0 aliphatic carbocycles. The van der Waals surface area contributed by atoms with Crippen LogP contribution in [-0.2, 0) is 9.84 Å². The van der Waals surface area contributed by atoms with Crippen molar-refractivity contribution in [2.24, 2.45) is 0 Å². The van der Waals surface area contributed by atoms with Crippen molar-refractivity contribution < 1.29 is 13.2 Å². The third kappa shape index (κ3) is 3.94. The summed E-state index contributed by atoms with van der Waals surface area (Å²) >= 11 is 1.68. The van der Waals surface area contributed by atoms with Gasteiger partial charge in [0.15, 0.2) is 15.0 Å². The highest BCUT2D eigenvalue weighted by Gasteiger charge is 2.27. The minimum absolute atomic E-state index is 0.0878. The first-order valence-corrected chi connectivity index (χ1v) is 12.7. The molecule has 1 amide bonds. The molecule has 30 heavy (non-hydrogen) atoms. The highest BCUT2D eigenvalue weighted by Crippen LogP contribution is 2.34. The summed E-state index contributed by atoms with van der Waals surface area (Å²) in [4.78, 5) is 21.9. The fourth-order valence-electron chi connectivity index (χ4n) is 3.80. The molecule has 0 N–H and O–H groups in total. The molecule has 0 spiro atoms. The maximum atomic E-state index is 13.0. The van der Waals surface area contributed by atoms with Crippen molar-refractivity contribution in [2.75, 3.05) is 37.3 Å². The lowest BCUT2D eigenvalue weighted by molar-refractivity contribution is 0.0743. The van der Waals surface area contributed by atoms with Gasteiger partial charge in [0.05, 0.1) is 20.7 Å². The fourth-order valence-corrected chi connectivity index (χ4v) is 5.73. The summed E-state index contributed by atoms with van der Waals surface area (Å²) in [5, 5.41) is 0.974. The first-order chi connectivity index (χ1) is 14.3. The Kier molecular flexibility index (Phi) is 5.55. The number of carbonyl (C=O) groups excluding carboxylic acids is 1. The smallest absolute Gasteiger partial charge is 0.255 e. The number of sulfone groups is 1. The number of rotatable bonds is 4. The third-order valence-electron chi connectivity index (χ3n) is 5.42. The lowest BCUT2D eigenvalue weighted by atomic mass is 10.0. The second kappa shape index (κ2) is 8.00. The Labute approximate surface area is 181 Å². The van der Waals surface area contributed by atoms with Gasteiger partial charge in [-0.1, -0.05) is 49.4 Å². The summed E-state index contributed by atoms with van der Waals surface area (Å²) in [5.74, 6) is 0.176. The number of fused-ring (bicyclic) bond motifs is 1. The number of benzene rings is 2. The van der Waals surface area contributed by atoms with Crippen LogP contribution in [0.5, 0.6) is 0 Å². The minimum atomic E-state index is -3.46. The molecule has 1 aliphatic rings. The Morgan fingerprint density at radius 2 is 1.73 bits per heavy atom. The van der Waals surface area contributed by atoms with Crippen molar-refractivity contribution in [3.8, 4) is 0 Å². The van der Waals surface area contributed by atoms with E-state index in [1.54, 1.807) is 34.4 Å². The van der Waals surface area contributed by atoms with Gasteiger partial charge in [-0.05, 0) is 29.7 Å². The van der Waals surface area contributed by atoms with Crippen molar-refractivity contribution in [3.05, 3.63) is 53.6 Å². The van der Waals surface area contributed by atoms with E-state index < -0.39 is 9.84 Å². The summed E-state index contributed by atoms with van der Waals surface area (Å²) in [6.45, 7) is 6.75. The van der Waals surface area contributed by atoms with Crippen LogP contribution in [0.2, 0.25) is 0 Å². The van der Waals surface area contributed by atoms with Crippen molar-refractivity contribution in [2.45, 2.75) is 24.7 Å². The first kappa shape index (κ1) is 20.8. The average molecular weight is 444 g/mol. The molecule has 2 aromatic carbocycles. The molecule has 2 heterocycles. The second-order valence-corrected chi connectivity index (χ2v) is 10.9. The van der Waals surface area contributed by atoms with Gasteiger partial charge in [-0.25, -0.2) is 13.4 Å². The van der Waals surface area contributed by atoms with Gasteiger partial charge in [-0.2, -0.15) is 0 Å². The molecule has 6 nitrogen and oxygen atoms in total. The van der Waals surface area contributed by atoms with Crippen molar-refractivity contribution in [1.82, 2.24) is 9.88 Å². The molecule has 0 unspecified atom stereocenters. The highest BCUT2D eigenvalue weighted by molar-refractivity contribution is 7.90. The molecule has 0 atom stereocenters. The van der Waals surface area contributed by atoms with E-state index >= 15 is 0 Å². The number of hydrogen-bond acceptors (Lipinski definition) is 6. The number of amides is 1. The van der Waals surface area contributed by atoms with Crippen LogP contribution in [-0.4, -0.2) is 56.6 Å². The maximum Gasteiger partial charge on any atom is 0.255 e. The zero-order valence-electron chi connectivity index (χ0n) is 17.3. The summed E-state index contributed by atoms with van der Waals surface area (Å²) in [6, 6.07) is 12.7. The largest absolute Gasteiger partial charge is 0.345 e. The van der Waals surface area contributed by atoms with Crippen LogP contribution in [0.4, 0.5) is 5.13 Å². The topological polar surface area (TPSA) is 70.6 Å². The predicted octanol–water partition coefficient (Wildman–Crippen LogP) is 3.79. The summed E-state index contributed by atoms with van der Waals surface area (Å²) in [6.07, 6.45) is 1.13.